The van der Waals surface area contributed by atoms with Gasteiger partial charge in [-0.25, -0.2) is 0 Å². The molecule has 0 aromatic heterocycles. The predicted octanol–water partition coefficient (Wildman–Crippen LogP) is 4.67. The van der Waals surface area contributed by atoms with Crippen molar-refractivity contribution in [3.63, 3.8) is 0 Å². The first-order valence-corrected chi connectivity index (χ1v) is 11.5. The number of methoxy groups -OCH3 is 2. The summed E-state index contributed by atoms with van der Waals surface area (Å²) in [6, 6.07) is 13.2. The van der Waals surface area contributed by atoms with Gasteiger partial charge in [-0.05, 0) is 63.8 Å². The normalized spacial score (nSPS) is 12.1. The lowest BCUT2D eigenvalue weighted by molar-refractivity contribution is -0.142. The number of carbonyl (C=O) groups excluding carboxylic acids is 2. The second-order valence-electron chi connectivity index (χ2n) is 9.36. The monoisotopic (exact) mass is 454 g/mol. The molecule has 0 aliphatic rings. The largest absolute Gasteiger partial charge is 0.493 e. The lowest BCUT2D eigenvalue weighted by Gasteiger charge is -2.33. The Morgan fingerprint density at radius 1 is 1.00 bits per heavy atom. The molecule has 0 heterocycles. The summed E-state index contributed by atoms with van der Waals surface area (Å²) in [5, 5.41) is 3.04. The van der Waals surface area contributed by atoms with E-state index in [2.05, 4.69) is 11.4 Å². The maximum Gasteiger partial charge on any atom is 0.243 e. The quantitative estimate of drug-likeness (QED) is 0.567. The van der Waals surface area contributed by atoms with Gasteiger partial charge in [0, 0.05) is 18.5 Å². The number of nitrogens with one attached hydrogen (secondary N) is 1. The van der Waals surface area contributed by atoms with Crippen molar-refractivity contribution in [1.82, 2.24) is 10.2 Å². The molecule has 2 aromatic carbocycles. The Labute approximate surface area is 198 Å². The molecule has 0 spiro atoms. The maximum atomic E-state index is 13.4. The third-order valence-electron chi connectivity index (χ3n) is 5.40. The van der Waals surface area contributed by atoms with E-state index in [-0.39, 0.29) is 17.4 Å². The summed E-state index contributed by atoms with van der Waals surface area (Å²) >= 11 is 0. The molecule has 2 amide bonds. The smallest absolute Gasteiger partial charge is 0.243 e. The lowest BCUT2D eigenvalue weighted by atomic mass is 10.0. The van der Waals surface area contributed by atoms with Crippen LogP contribution in [-0.2, 0) is 22.6 Å². The molecule has 2 aromatic rings. The van der Waals surface area contributed by atoms with Crippen molar-refractivity contribution < 1.29 is 19.1 Å². The minimum absolute atomic E-state index is 0.0535. The predicted molar refractivity (Wildman–Crippen MR) is 132 cm³/mol. The summed E-state index contributed by atoms with van der Waals surface area (Å²) in [6.45, 7) is 10.2. The third-order valence-corrected chi connectivity index (χ3v) is 5.40. The van der Waals surface area contributed by atoms with E-state index in [1.165, 1.54) is 0 Å². The zero-order valence-electron chi connectivity index (χ0n) is 21.0. The van der Waals surface area contributed by atoms with Crippen LogP contribution in [0.4, 0.5) is 0 Å². The first kappa shape index (κ1) is 26.2. The molecule has 0 aliphatic heterocycles. The van der Waals surface area contributed by atoms with Crippen molar-refractivity contribution in [3.05, 3.63) is 59.2 Å². The number of aryl methyl sites for hydroxylation is 2. The molecule has 1 atom stereocenters. The van der Waals surface area contributed by atoms with E-state index in [0.717, 1.165) is 16.7 Å². The minimum atomic E-state index is -0.539. The number of rotatable bonds is 10. The van der Waals surface area contributed by atoms with Crippen molar-refractivity contribution in [2.24, 2.45) is 0 Å². The first-order chi connectivity index (χ1) is 15.6. The molecule has 6 nitrogen and oxygen atoms in total. The molecular formula is C27H38N2O4. The standard InChI is InChI=1S/C27H38N2O4/c1-8-22(26(31)28-27(3,4)5)29(18-21-11-9-10-19(2)16-21)25(30)15-13-20-12-14-23(32-6)24(17-20)33-7/h9-12,14,16-17,22H,8,13,15,18H2,1-7H3,(H,28,31)/t22-/m1/s1. The third kappa shape index (κ3) is 7.81. The Balaban J connectivity index is 2.25. The van der Waals surface area contributed by atoms with Gasteiger partial charge in [-0.1, -0.05) is 42.8 Å². The van der Waals surface area contributed by atoms with E-state index < -0.39 is 6.04 Å². The summed E-state index contributed by atoms with van der Waals surface area (Å²) in [4.78, 5) is 28.2. The van der Waals surface area contributed by atoms with Gasteiger partial charge < -0.3 is 19.7 Å². The Morgan fingerprint density at radius 2 is 1.70 bits per heavy atom. The topological polar surface area (TPSA) is 67.9 Å². The summed E-state index contributed by atoms with van der Waals surface area (Å²) in [7, 11) is 3.19. The SMILES string of the molecule is CC[C@H](C(=O)NC(C)(C)C)N(Cc1cccc(C)c1)C(=O)CCc1ccc(OC)c(OC)c1. The molecule has 1 N–H and O–H groups in total. The van der Waals surface area contributed by atoms with Gasteiger partial charge in [-0.3, -0.25) is 9.59 Å². The van der Waals surface area contributed by atoms with Crippen LogP contribution in [0.1, 0.15) is 57.2 Å². The van der Waals surface area contributed by atoms with Crippen LogP contribution in [0.2, 0.25) is 0 Å². The van der Waals surface area contributed by atoms with E-state index in [4.69, 9.17) is 9.47 Å². The molecule has 6 heteroatoms. The van der Waals surface area contributed by atoms with Gasteiger partial charge in [0.25, 0.3) is 0 Å². The van der Waals surface area contributed by atoms with E-state index in [1.54, 1.807) is 19.1 Å². The Bertz CT molecular complexity index is 949. The fourth-order valence-electron chi connectivity index (χ4n) is 3.81. The van der Waals surface area contributed by atoms with E-state index in [1.807, 2.05) is 71.0 Å². The Morgan fingerprint density at radius 3 is 2.27 bits per heavy atom. The summed E-state index contributed by atoms with van der Waals surface area (Å²) in [6.07, 6.45) is 1.37. The second-order valence-corrected chi connectivity index (χ2v) is 9.36. The number of nitrogens with zero attached hydrogens (tertiary/aromatic N) is 1. The highest BCUT2D eigenvalue weighted by molar-refractivity contribution is 5.88. The summed E-state index contributed by atoms with van der Waals surface area (Å²) in [5.41, 5.74) is 2.74. The molecule has 2 rings (SSSR count). The van der Waals surface area contributed by atoms with Crippen LogP contribution >= 0.6 is 0 Å². The van der Waals surface area contributed by atoms with Crippen LogP contribution < -0.4 is 14.8 Å². The van der Waals surface area contributed by atoms with Gasteiger partial charge in [0.15, 0.2) is 11.5 Å². The molecule has 0 saturated heterocycles. The number of hydrogen-bond donors (Lipinski definition) is 1. The fourth-order valence-corrected chi connectivity index (χ4v) is 3.81. The molecule has 180 valence electrons. The van der Waals surface area contributed by atoms with Gasteiger partial charge in [-0.2, -0.15) is 0 Å². The van der Waals surface area contributed by atoms with Gasteiger partial charge in [-0.15, -0.1) is 0 Å². The molecule has 0 unspecified atom stereocenters. The number of benzene rings is 2. The van der Waals surface area contributed by atoms with Crippen molar-refractivity contribution in [2.45, 2.75) is 72.0 Å². The highest BCUT2D eigenvalue weighted by Gasteiger charge is 2.30. The molecular weight excluding hydrogens is 416 g/mol. The van der Waals surface area contributed by atoms with Crippen molar-refractivity contribution in [2.75, 3.05) is 14.2 Å². The van der Waals surface area contributed by atoms with Gasteiger partial charge >= 0.3 is 0 Å². The average Bonchev–Trinajstić information content (AvgIpc) is 2.75. The van der Waals surface area contributed by atoms with Crippen LogP contribution in [0.3, 0.4) is 0 Å². The van der Waals surface area contributed by atoms with Crippen molar-refractivity contribution in [1.29, 1.82) is 0 Å². The highest BCUT2D eigenvalue weighted by Crippen LogP contribution is 2.28. The molecule has 0 saturated carbocycles. The van der Waals surface area contributed by atoms with Crippen LogP contribution in [0.15, 0.2) is 42.5 Å². The molecule has 0 bridgehead atoms. The second kappa shape index (κ2) is 11.7. The molecule has 33 heavy (non-hydrogen) atoms. The molecule has 0 fully saturated rings. The number of amides is 2. The van der Waals surface area contributed by atoms with Crippen LogP contribution in [0, 0.1) is 6.92 Å². The first-order valence-electron chi connectivity index (χ1n) is 11.5. The minimum Gasteiger partial charge on any atom is -0.493 e. The zero-order chi connectivity index (χ0) is 24.6. The van der Waals surface area contributed by atoms with Crippen LogP contribution in [-0.4, -0.2) is 42.5 Å². The van der Waals surface area contributed by atoms with Gasteiger partial charge in [0.1, 0.15) is 6.04 Å². The highest BCUT2D eigenvalue weighted by atomic mass is 16.5. The number of hydrogen-bond acceptors (Lipinski definition) is 4. The number of ether oxygens (including phenoxy) is 2. The average molecular weight is 455 g/mol. The maximum absolute atomic E-state index is 13.4. The van der Waals surface area contributed by atoms with E-state index in [9.17, 15) is 9.59 Å². The summed E-state index contributed by atoms with van der Waals surface area (Å²) < 4.78 is 10.7. The molecule has 0 aliphatic carbocycles. The van der Waals surface area contributed by atoms with Crippen LogP contribution in [0.25, 0.3) is 0 Å². The Kier molecular flexibility index (Phi) is 9.32. The molecule has 0 radical (unpaired) electrons. The Hall–Kier alpha value is -3.02. The zero-order valence-corrected chi connectivity index (χ0v) is 21.0. The van der Waals surface area contributed by atoms with Gasteiger partial charge in [0.05, 0.1) is 14.2 Å². The number of carbonyl (C=O) groups is 2. The van der Waals surface area contributed by atoms with Gasteiger partial charge in [0.2, 0.25) is 11.8 Å². The van der Waals surface area contributed by atoms with Crippen molar-refractivity contribution in [3.8, 4) is 11.5 Å². The van der Waals surface area contributed by atoms with Crippen molar-refractivity contribution >= 4 is 11.8 Å². The van der Waals surface area contributed by atoms with E-state index >= 15 is 0 Å². The lowest BCUT2D eigenvalue weighted by Crippen LogP contribution is -2.53. The fraction of sp³-hybridized carbons (Fsp3) is 0.481. The van der Waals surface area contributed by atoms with Crippen LogP contribution in [0.5, 0.6) is 11.5 Å². The summed E-state index contributed by atoms with van der Waals surface area (Å²) in [5.74, 6) is 1.10. The van der Waals surface area contributed by atoms with E-state index in [0.29, 0.717) is 37.3 Å².